The number of aryl methyl sites for hydroxylation is 2. The van der Waals surface area contributed by atoms with Crippen LogP contribution in [0.4, 0.5) is 0 Å². The van der Waals surface area contributed by atoms with E-state index in [2.05, 4.69) is 16.0 Å². The molecule has 0 fully saturated rings. The minimum absolute atomic E-state index is 0.583. The van der Waals surface area contributed by atoms with E-state index in [0.717, 1.165) is 27.2 Å². The molecule has 21 heavy (non-hydrogen) atoms. The molecule has 0 bridgehead atoms. The average molecular weight is 291 g/mol. The molecular weight excluding hydrogens is 278 g/mol. The van der Waals surface area contributed by atoms with Gasteiger partial charge >= 0.3 is 0 Å². The number of rotatable bonds is 2. The van der Waals surface area contributed by atoms with Gasteiger partial charge in [0.2, 0.25) is 0 Å². The number of para-hydroxylation sites is 1. The van der Waals surface area contributed by atoms with Crippen LogP contribution in [0.1, 0.15) is 16.8 Å². The molecule has 2 aromatic heterocycles. The molecule has 0 unspecified atom stereocenters. The first-order valence-corrected chi connectivity index (χ1v) is 7.40. The number of nitriles is 1. The van der Waals surface area contributed by atoms with Crippen LogP contribution in [0.3, 0.4) is 0 Å². The summed E-state index contributed by atoms with van der Waals surface area (Å²) in [5.74, 6) is 0. The van der Waals surface area contributed by atoms with Crippen molar-refractivity contribution < 1.29 is 0 Å². The highest BCUT2D eigenvalue weighted by Crippen LogP contribution is 2.30. The summed E-state index contributed by atoms with van der Waals surface area (Å²) >= 11 is 1.44. The fourth-order valence-corrected chi connectivity index (χ4v) is 3.20. The standard InChI is InChI=1S/C17H13N3S/c1-11-7-12(2)19-16(8-11)21-17-14(10-18)9-13-5-3-4-6-15(13)20-17/h3-9H,1-2H3. The smallest absolute Gasteiger partial charge is 0.121 e. The molecule has 102 valence electrons. The van der Waals surface area contributed by atoms with E-state index in [1.54, 1.807) is 0 Å². The molecule has 3 rings (SSSR count). The first-order valence-electron chi connectivity index (χ1n) is 6.59. The first kappa shape index (κ1) is 13.6. The van der Waals surface area contributed by atoms with Crippen molar-refractivity contribution in [1.29, 1.82) is 5.26 Å². The molecule has 3 nitrogen and oxygen atoms in total. The van der Waals surface area contributed by atoms with Crippen LogP contribution in [0.5, 0.6) is 0 Å². The Morgan fingerprint density at radius 1 is 1.05 bits per heavy atom. The van der Waals surface area contributed by atoms with Crippen LogP contribution in [0.15, 0.2) is 52.5 Å². The SMILES string of the molecule is Cc1cc(C)nc(Sc2nc3ccccc3cc2C#N)c1. The zero-order chi connectivity index (χ0) is 14.8. The van der Waals surface area contributed by atoms with Crippen LogP contribution in [0, 0.1) is 25.2 Å². The summed E-state index contributed by atoms with van der Waals surface area (Å²) in [5, 5.41) is 11.9. The maximum atomic E-state index is 9.34. The number of nitrogens with zero attached hydrogens (tertiary/aromatic N) is 3. The highest BCUT2D eigenvalue weighted by Gasteiger charge is 2.10. The minimum atomic E-state index is 0.583. The second-order valence-corrected chi connectivity index (χ2v) is 5.88. The van der Waals surface area contributed by atoms with Gasteiger partial charge in [0, 0.05) is 11.1 Å². The lowest BCUT2D eigenvalue weighted by Crippen LogP contribution is -1.91. The molecule has 0 saturated carbocycles. The van der Waals surface area contributed by atoms with Gasteiger partial charge in [-0.3, -0.25) is 0 Å². The predicted molar refractivity (Wildman–Crippen MR) is 84.3 cm³/mol. The first-order chi connectivity index (χ1) is 10.2. The van der Waals surface area contributed by atoms with Gasteiger partial charge in [-0.05, 0) is 55.4 Å². The Kier molecular flexibility index (Phi) is 3.59. The van der Waals surface area contributed by atoms with Gasteiger partial charge in [0.1, 0.15) is 16.1 Å². The molecule has 0 aliphatic heterocycles. The quantitative estimate of drug-likeness (QED) is 0.707. The van der Waals surface area contributed by atoms with E-state index in [1.807, 2.05) is 56.3 Å². The third-order valence-corrected chi connectivity index (χ3v) is 4.01. The number of fused-ring (bicyclic) bond motifs is 1. The Bertz CT molecular complexity index is 845. The Labute approximate surface area is 127 Å². The number of benzene rings is 1. The Morgan fingerprint density at radius 3 is 2.62 bits per heavy atom. The van der Waals surface area contributed by atoms with Crippen LogP contribution >= 0.6 is 11.8 Å². The van der Waals surface area contributed by atoms with E-state index < -0.39 is 0 Å². The molecule has 0 amide bonds. The average Bonchev–Trinajstić information content (AvgIpc) is 2.45. The summed E-state index contributed by atoms with van der Waals surface area (Å²) in [6.45, 7) is 4.01. The zero-order valence-corrected chi connectivity index (χ0v) is 12.6. The summed E-state index contributed by atoms with van der Waals surface area (Å²) in [7, 11) is 0. The van der Waals surface area contributed by atoms with Crippen LogP contribution in [0.2, 0.25) is 0 Å². The van der Waals surface area contributed by atoms with Crippen molar-refractivity contribution in [3.8, 4) is 6.07 Å². The number of aromatic nitrogens is 2. The van der Waals surface area contributed by atoms with E-state index in [4.69, 9.17) is 0 Å². The van der Waals surface area contributed by atoms with Crippen molar-refractivity contribution in [2.75, 3.05) is 0 Å². The van der Waals surface area contributed by atoms with Gasteiger partial charge in [-0.2, -0.15) is 5.26 Å². The van der Waals surface area contributed by atoms with Crippen molar-refractivity contribution >= 4 is 22.7 Å². The minimum Gasteiger partial charge on any atom is -0.246 e. The van der Waals surface area contributed by atoms with E-state index >= 15 is 0 Å². The molecule has 0 atom stereocenters. The number of hydrogen-bond donors (Lipinski definition) is 0. The Hall–Kier alpha value is -2.38. The fourth-order valence-electron chi connectivity index (χ4n) is 2.21. The molecule has 4 heteroatoms. The van der Waals surface area contributed by atoms with Crippen molar-refractivity contribution in [2.24, 2.45) is 0 Å². The topological polar surface area (TPSA) is 49.6 Å². The van der Waals surface area contributed by atoms with Crippen LogP contribution < -0.4 is 0 Å². The molecule has 3 aromatic rings. The molecule has 0 radical (unpaired) electrons. The highest BCUT2D eigenvalue weighted by molar-refractivity contribution is 7.99. The monoisotopic (exact) mass is 291 g/mol. The maximum absolute atomic E-state index is 9.34. The molecular formula is C17H13N3S. The van der Waals surface area contributed by atoms with Crippen LogP contribution in [-0.4, -0.2) is 9.97 Å². The normalized spacial score (nSPS) is 10.5. The molecule has 0 aliphatic rings. The highest BCUT2D eigenvalue weighted by atomic mass is 32.2. The Morgan fingerprint density at radius 2 is 1.86 bits per heavy atom. The number of hydrogen-bond acceptors (Lipinski definition) is 4. The fraction of sp³-hybridized carbons (Fsp3) is 0.118. The van der Waals surface area contributed by atoms with Crippen LogP contribution in [0.25, 0.3) is 10.9 Å². The lowest BCUT2D eigenvalue weighted by atomic mass is 10.2. The van der Waals surface area contributed by atoms with Gasteiger partial charge < -0.3 is 0 Å². The predicted octanol–water partition coefficient (Wildman–Crippen LogP) is 4.27. The second kappa shape index (κ2) is 5.55. The summed E-state index contributed by atoms with van der Waals surface area (Å²) < 4.78 is 0. The molecule has 0 aliphatic carbocycles. The van der Waals surface area contributed by atoms with E-state index in [9.17, 15) is 5.26 Å². The van der Waals surface area contributed by atoms with Gasteiger partial charge in [-0.15, -0.1) is 0 Å². The van der Waals surface area contributed by atoms with E-state index in [1.165, 1.54) is 11.8 Å². The van der Waals surface area contributed by atoms with Crippen molar-refractivity contribution in [2.45, 2.75) is 23.9 Å². The molecule has 0 spiro atoms. The largest absolute Gasteiger partial charge is 0.246 e. The lowest BCUT2D eigenvalue weighted by molar-refractivity contribution is 1.04. The summed E-state index contributed by atoms with van der Waals surface area (Å²) in [5.41, 5.74) is 3.60. The molecule has 2 heterocycles. The zero-order valence-electron chi connectivity index (χ0n) is 11.8. The van der Waals surface area contributed by atoms with Crippen molar-refractivity contribution in [1.82, 2.24) is 9.97 Å². The molecule has 0 N–H and O–H groups in total. The molecule has 0 saturated heterocycles. The summed E-state index contributed by atoms with van der Waals surface area (Å²) in [4.78, 5) is 9.10. The van der Waals surface area contributed by atoms with Gasteiger partial charge in [-0.25, -0.2) is 9.97 Å². The lowest BCUT2D eigenvalue weighted by Gasteiger charge is -2.06. The second-order valence-electron chi connectivity index (χ2n) is 4.87. The third-order valence-electron chi connectivity index (χ3n) is 3.08. The van der Waals surface area contributed by atoms with Crippen molar-refractivity contribution in [3.05, 3.63) is 59.3 Å². The van der Waals surface area contributed by atoms with Crippen molar-refractivity contribution in [3.63, 3.8) is 0 Å². The number of pyridine rings is 2. The van der Waals surface area contributed by atoms with Gasteiger partial charge in [0.15, 0.2) is 0 Å². The third kappa shape index (κ3) is 2.88. The van der Waals surface area contributed by atoms with Gasteiger partial charge in [-0.1, -0.05) is 18.2 Å². The maximum Gasteiger partial charge on any atom is 0.121 e. The molecule has 1 aromatic carbocycles. The van der Waals surface area contributed by atoms with Gasteiger partial charge in [0.05, 0.1) is 11.1 Å². The van der Waals surface area contributed by atoms with E-state index in [0.29, 0.717) is 10.6 Å². The Balaban J connectivity index is 2.09. The van der Waals surface area contributed by atoms with E-state index in [-0.39, 0.29) is 0 Å². The summed E-state index contributed by atoms with van der Waals surface area (Å²) in [6, 6.07) is 16.0. The van der Waals surface area contributed by atoms with Gasteiger partial charge in [0.25, 0.3) is 0 Å². The van der Waals surface area contributed by atoms with Crippen LogP contribution in [-0.2, 0) is 0 Å². The summed E-state index contributed by atoms with van der Waals surface area (Å²) in [6.07, 6.45) is 0.